The number of rotatable bonds is 6. The average Bonchev–Trinajstić information content (AvgIpc) is 3.08. The van der Waals surface area contributed by atoms with E-state index >= 15 is 0 Å². The summed E-state index contributed by atoms with van der Waals surface area (Å²) in [5.41, 5.74) is 0.841. The molecule has 2 aromatic rings. The van der Waals surface area contributed by atoms with Gasteiger partial charge in [0.1, 0.15) is 11.6 Å². The van der Waals surface area contributed by atoms with Gasteiger partial charge in [-0.3, -0.25) is 4.79 Å². The molecule has 0 saturated carbocycles. The summed E-state index contributed by atoms with van der Waals surface area (Å²) < 4.78 is 7.28. The number of carbonyl (C=O) groups is 1. The molecule has 1 fully saturated rings. The molecule has 1 unspecified atom stereocenters. The standard InChI is InChI=1S/C19H25N3O3/c1-25-11-10-21-9-7-20-19(21)16-5-3-8-22(14-16)18(24)13-15-4-2-6-17(23)12-15/h2,4,6-7,9,12,16,23H,3,5,8,10-11,13-14H2,1H3. The third kappa shape index (κ3) is 4.39. The highest BCUT2D eigenvalue weighted by molar-refractivity contribution is 5.79. The smallest absolute Gasteiger partial charge is 0.227 e. The predicted octanol–water partition coefficient (Wildman–Crippen LogP) is 2.18. The first kappa shape index (κ1) is 17.5. The number of carbonyl (C=O) groups excluding carboxylic acids is 1. The number of hydrogen-bond acceptors (Lipinski definition) is 4. The van der Waals surface area contributed by atoms with Crippen LogP contribution in [0.3, 0.4) is 0 Å². The number of methoxy groups -OCH3 is 1. The fourth-order valence-corrected chi connectivity index (χ4v) is 3.43. The maximum absolute atomic E-state index is 12.6. The highest BCUT2D eigenvalue weighted by Gasteiger charge is 2.27. The first-order chi connectivity index (χ1) is 12.2. The highest BCUT2D eigenvalue weighted by atomic mass is 16.5. The van der Waals surface area contributed by atoms with Crippen molar-refractivity contribution in [2.24, 2.45) is 0 Å². The normalized spacial score (nSPS) is 17.6. The molecule has 0 spiro atoms. The van der Waals surface area contributed by atoms with Crippen LogP contribution in [0.2, 0.25) is 0 Å². The topological polar surface area (TPSA) is 67.6 Å². The fraction of sp³-hybridized carbons (Fsp3) is 0.474. The van der Waals surface area contributed by atoms with Gasteiger partial charge in [0.05, 0.1) is 13.0 Å². The van der Waals surface area contributed by atoms with Crippen molar-refractivity contribution in [2.45, 2.75) is 31.7 Å². The molecule has 1 atom stereocenters. The lowest BCUT2D eigenvalue weighted by molar-refractivity contribution is -0.131. The largest absolute Gasteiger partial charge is 0.508 e. The van der Waals surface area contributed by atoms with Crippen LogP contribution in [-0.4, -0.2) is 52.3 Å². The molecule has 6 heteroatoms. The Balaban J connectivity index is 1.64. The number of phenols is 1. The molecule has 134 valence electrons. The van der Waals surface area contributed by atoms with Crippen molar-refractivity contribution >= 4 is 5.91 Å². The van der Waals surface area contributed by atoms with Crippen molar-refractivity contribution in [3.8, 4) is 5.75 Å². The van der Waals surface area contributed by atoms with Crippen LogP contribution in [0.4, 0.5) is 0 Å². The number of imidazole rings is 1. The zero-order valence-electron chi connectivity index (χ0n) is 14.6. The molecule has 1 aliphatic rings. The molecule has 1 amide bonds. The second-order valence-electron chi connectivity index (χ2n) is 6.50. The lowest BCUT2D eigenvalue weighted by Crippen LogP contribution is -2.40. The Labute approximate surface area is 148 Å². The summed E-state index contributed by atoms with van der Waals surface area (Å²) in [5, 5.41) is 9.56. The van der Waals surface area contributed by atoms with Gasteiger partial charge in [-0.25, -0.2) is 4.98 Å². The summed E-state index contributed by atoms with van der Waals surface area (Å²) in [6.45, 7) is 2.91. The van der Waals surface area contributed by atoms with Crippen LogP contribution in [0.25, 0.3) is 0 Å². The Morgan fingerprint density at radius 3 is 3.12 bits per heavy atom. The van der Waals surface area contributed by atoms with Gasteiger partial charge >= 0.3 is 0 Å². The lowest BCUT2D eigenvalue weighted by Gasteiger charge is -2.33. The Kier molecular flexibility index (Phi) is 5.71. The van der Waals surface area contributed by atoms with Crippen molar-refractivity contribution in [1.29, 1.82) is 0 Å². The van der Waals surface area contributed by atoms with Crippen LogP contribution >= 0.6 is 0 Å². The molecular formula is C19H25N3O3. The molecule has 0 radical (unpaired) electrons. The molecule has 25 heavy (non-hydrogen) atoms. The maximum Gasteiger partial charge on any atom is 0.227 e. The number of piperidine rings is 1. The highest BCUT2D eigenvalue weighted by Crippen LogP contribution is 2.26. The van der Waals surface area contributed by atoms with Gasteiger partial charge in [-0.1, -0.05) is 12.1 Å². The zero-order valence-corrected chi connectivity index (χ0v) is 14.6. The van der Waals surface area contributed by atoms with E-state index in [4.69, 9.17) is 4.74 Å². The summed E-state index contributed by atoms with van der Waals surface area (Å²) in [4.78, 5) is 19.1. The molecule has 0 aliphatic carbocycles. The van der Waals surface area contributed by atoms with Gasteiger partial charge in [-0.2, -0.15) is 0 Å². The number of benzene rings is 1. The number of amides is 1. The van der Waals surface area contributed by atoms with Crippen LogP contribution in [0.5, 0.6) is 5.75 Å². The zero-order chi connectivity index (χ0) is 17.6. The number of likely N-dealkylation sites (tertiary alicyclic amines) is 1. The second kappa shape index (κ2) is 8.16. The van der Waals surface area contributed by atoms with Crippen LogP contribution in [0.15, 0.2) is 36.7 Å². The van der Waals surface area contributed by atoms with Gasteiger partial charge < -0.3 is 19.3 Å². The first-order valence-electron chi connectivity index (χ1n) is 8.73. The Morgan fingerprint density at radius 2 is 2.32 bits per heavy atom. The Morgan fingerprint density at radius 1 is 1.44 bits per heavy atom. The minimum Gasteiger partial charge on any atom is -0.508 e. The fourth-order valence-electron chi connectivity index (χ4n) is 3.43. The van der Waals surface area contributed by atoms with E-state index in [9.17, 15) is 9.90 Å². The van der Waals surface area contributed by atoms with E-state index in [1.54, 1.807) is 25.3 Å². The summed E-state index contributed by atoms with van der Waals surface area (Å²) >= 11 is 0. The molecule has 1 aromatic carbocycles. The van der Waals surface area contributed by atoms with Gasteiger partial charge in [-0.15, -0.1) is 0 Å². The summed E-state index contributed by atoms with van der Waals surface area (Å²) in [6.07, 6.45) is 6.13. The monoisotopic (exact) mass is 343 g/mol. The molecule has 1 saturated heterocycles. The van der Waals surface area contributed by atoms with Crippen LogP contribution in [-0.2, 0) is 22.5 Å². The maximum atomic E-state index is 12.6. The van der Waals surface area contributed by atoms with Crippen LogP contribution < -0.4 is 0 Å². The van der Waals surface area contributed by atoms with Crippen LogP contribution in [0.1, 0.15) is 30.1 Å². The minimum absolute atomic E-state index is 0.102. The quantitative estimate of drug-likeness (QED) is 0.873. The average molecular weight is 343 g/mol. The molecular weight excluding hydrogens is 318 g/mol. The van der Waals surface area contributed by atoms with Gasteiger partial charge in [0.2, 0.25) is 5.91 Å². The molecule has 6 nitrogen and oxygen atoms in total. The molecule has 0 bridgehead atoms. The molecule has 2 heterocycles. The predicted molar refractivity (Wildman–Crippen MR) is 94.5 cm³/mol. The third-order valence-electron chi connectivity index (χ3n) is 4.69. The second-order valence-corrected chi connectivity index (χ2v) is 6.50. The van der Waals surface area contributed by atoms with Crippen LogP contribution in [0, 0.1) is 0 Å². The Hall–Kier alpha value is -2.34. The molecule has 1 N–H and O–H groups in total. The first-order valence-corrected chi connectivity index (χ1v) is 8.73. The number of hydrogen-bond donors (Lipinski definition) is 1. The van der Waals surface area contributed by atoms with Crippen molar-refractivity contribution in [3.63, 3.8) is 0 Å². The van der Waals surface area contributed by atoms with Crippen molar-refractivity contribution in [1.82, 2.24) is 14.5 Å². The minimum atomic E-state index is 0.102. The summed E-state index contributed by atoms with van der Waals surface area (Å²) in [7, 11) is 1.69. The summed E-state index contributed by atoms with van der Waals surface area (Å²) in [5.74, 6) is 1.59. The van der Waals surface area contributed by atoms with Gasteiger partial charge in [0.25, 0.3) is 0 Å². The van der Waals surface area contributed by atoms with Gasteiger partial charge in [0.15, 0.2) is 0 Å². The van der Waals surface area contributed by atoms with E-state index < -0.39 is 0 Å². The van der Waals surface area contributed by atoms with Gasteiger partial charge in [0, 0.05) is 45.1 Å². The van der Waals surface area contributed by atoms with Crippen molar-refractivity contribution in [2.75, 3.05) is 26.8 Å². The molecule has 1 aromatic heterocycles. The van der Waals surface area contributed by atoms with E-state index in [-0.39, 0.29) is 17.6 Å². The summed E-state index contributed by atoms with van der Waals surface area (Å²) in [6, 6.07) is 6.90. The number of aromatic nitrogens is 2. The van der Waals surface area contributed by atoms with E-state index in [2.05, 4.69) is 9.55 Å². The van der Waals surface area contributed by atoms with E-state index in [1.807, 2.05) is 23.4 Å². The SMILES string of the molecule is COCCn1ccnc1C1CCCN(C(=O)Cc2cccc(O)c2)C1. The van der Waals surface area contributed by atoms with Gasteiger partial charge in [-0.05, 0) is 30.5 Å². The van der Waals surface area contributed by atoms with Crippen molar-refractivity contribution < 1.29 is 14.6 Å². The van der Waals surface area contributed by atoms with E-state index in [0.717, 1.165) is 37.3 Å². The molecule has 1 aliphatic heterocycles. The lowest BCUT2D eigenvalue weighted by atomic mass is 9.96. The number of aromatic hydroxyl groups is 1. The molecule has 3 rings (SSSR count). The number of ether oxygens (including phenoxy) is 1. The van der Waals surface area contributed by atoms with Crippen molar-refractivity contribution in [3.05, 3.63) is 48.0 Å². The van der Waals surface area contributed by atoms with E-state index in [0.29, 0.717) is 19.6 Å². The third-order valence-corrected chi connectivity index (χ3v) is 4.69. The van der Waals surface area contributed by atoms with E-state index in [1.165, 1.54) is 0 Å². The Bertz CT molecular complexity index is 713. The number of nitrogens with zero attached hydrogens (tertiary/aromatic N) is 3. The number of phenolic OH excluding ortho intramolecular Hbond substituents is 1.